The first-order valence-corrected chi connectivity index (χ1v) is 6.23. The van der Waals surface area contributed by atoms with Crippen LogP contribution in [0.25, 0.3) is 0 Å². The minimum Gasteiger partial charge on any atom is -0.399 e. The van der Waals surface area contributed by atoms with Crippen LogP contribution in [0.15, 0.2) is 18.2 Å². The van der Waals surface area contributed by atoms with Crippen LogP contribution in [0.1, 0.15) is 12.0 Å². The van der Waals surface area contributed by atoms with E-state index < -0.39 is 12.8 Å². The average Bonchev–Trinajstić information content (AvgIpc) is 2.69. The molecule has 0 aliphatic carbocycles. The summed E-state index contributed by atoms with van der Waals surface area (Å²) in [5, 5.41) is 0. The molecule has 1 aromatic carbocycles. The number of nitrogen functional groups attached to an aromatic ring is 1. The maximum absolute atomic E-state index is 11.9. The molecule has 1 aromatic rings. The topological polar surface area (TPSA) is 38.5 Å². The van der Waals surface area contributed by atoms with Crippen LogP contribution in [0.4, 0.5) is 24.5 Å². The predicted molar refractivity (Wildman–Crippen MR) is 68.3 cm³/mol. The van der Waals surface area contributed by atoms with E-state index in [9.17, 15) is 13.2 Å². The van der Waals surface area contributed by atoms with Gasteiger partial charge in [0.2, 0.25) is 0 Å². The van der Waals surface area contributed by atoms with Crippen LogP contribution in [0, 0.1) is 0 Å². The fraction of sp³-hybridized carbons (Fsp3) is 0.538. The zero-order valence-electron chi connectivity index (χ0n) is 10.5. The third kappa shape index (κ3) is 4.02. The predicted octanol–water partition coefficient (Wildman–Crippen LogP) is 2.60. The summed E-state index contributed by atoms with van der Waals surface area (Å²) >= 11 is 0. The van der Waals surface area contributed by atoms with Crippen LogP contribution in [0.2, 0.25) is 0 Å². The fourth-order valence-corrected chi connectivity index (χ4v) is 2.27. The molecule has 0 aromatic heterocycles. The Labute approximate surface area is 110 Å². The van der Waals surface area contributed by atoms with Gasteiger partial charge in [0.1, 0.15) is 6.61 Å². The van der Waals surface area contributed by atoms with Crippen LogP contribution < -0.4 is 10.6 Å². The van der Waals surface area contributed by atoms with Crippen molar-refractivity contribution >= 4 is 11.4 Å². The molecule has 3 nitrogen and oxygen atoms in total. The quantitative estimate of drug-likeness (QED) is 0.662. The number of nitrogens with two attached hydrogens (primary N) is 1. The number of rotatable bonds is 5. The van der Waals surface area contributed by atoms with Crippen molar-refractivity contribution in [3.05, 3.63) is 23.8 Å². The van der Waals surface area contributed by atoms with Gasteiger partial charge in [0, 0.05) is 31.1 Å². The maximum atomic E-state index is 11.9. The number of hydrogen-bond donors (Lipinski definition) is 1. The first kappa shape index (κ1) is 14.0. The van der Waals surface area contributed by atoms with Gasteiger partial charge in [-0.1, -0.05) is 0 Å². The summed E-state index contributed by atoms with van der Waals surface area (Å²) in [6, 6.07) is 5.76. The number of hydrogen-bond acceptors (Lipinski definition) is 3. The lowest BCUT2D eigenvalue weighted by atomic mass is 10.1. The van der Waals surface area contributed by atoms with Crippen molar-refractivity contribution < 1.29 is 17.9 Å². The number of benzene rings is 1. The summed E-state index contributed by atoms with van der Waals surface area (Å²) in [5.41, 5.74) is 8.79. The van der Waals surface area contributed by atoms with E-state index in [1.807, 2.05) is 18.2 Å². The second kappa shape index (κ2) is 5.69. The summed E-state index contributed by atoms with van der Waals surface area (Å²) < 4.78 is 40.2. The van der Waals surface area contributed by atoms with Gasteiger partial charge in [-0.05, 0) is 36.6 Å². The normalized spacial score (nSPS) is 14.8. The van der Waals surface area contributed by atoms with Gasteiger partial charge in [-0.15, -0.1) is 0 Å². The van der Waals surface area contributed by atoms with E-state index in [1.54, 1.807) is 0 Å². The van der Waals surface area contributed by atoms with Gasteiger partial charge in [0.15, 0.2) is 0 Å². The largest absolute Gasteiger partial charge is 0.411 e. The SMILES string of the molecule is Nc1ccc2c(c1)CCN2CCCOCC(F)(F)F. The lowest BCUT2D eigenvalue weighted by Crippen LogP contribution is -2.24. The average molecular weight is 274 g/mol. The van der Waals surface area contributed by atoms with E-state index in [-0.39, 0.29) is 6.61 Å². The summed E-state index contributed by atoms with van der Waals surface area (Å²) in [5.74, 6) is 0. The Morgan fingerprint density at radius 3 is 2.84 bits per heavy atom. The van der Waals surface area contributed by atoms with Crippen LogP contribution in [-0.2, 0) is 11.2 Å². The molecule has 1 heterocycles. The van der Waals surface area contributed by atoms with Gasteiger partial charge in [0.25, 0.3) is 0 Å². The second-order valence-electron chi connectivity index (χ2n) is 4.65. The van der Waals surface area contributed by atoms with E-state index in [2.05, 4.69) is 9.64 Å². The van der Waals surface area contributed by atoms with Crippen LogP contribution in [0.3, 0.4) is 0 Å². The molecule has 1 aliphatic heterocycles. The van der Waals surface area contributed by atoms with Crippen molar-refractivity contribution in [3.63, 3.8) is 0 Å². The Morgan fingerprint density at radius 2 is 2.11 bits per heavy atom. The van der Waals surface area contributed by atoms with Crippen molar-refractivity contribution in [1.29, 1.82) is 0 Å². The molecule has 2 N–H and O–H groups in total. The van der Waals surface area contributed by atoms with Crippen molar-refractivity contribution in [1.82, 2.24) is 0 Å². The molecular weight excluding hydrogens is 257 g/mol. The third-order valence-corrected chi connectivity index (χ3v) is 3.08. The Kier molecular flexibility index (Phi) is 4.19. The molecule has 0 radical (unpaired) electrons. The zero-order valence-corrected chi connectivity index (χ0v) is 10.5. The van der Waals surface area contributed by atoms with Crippen molar-refractivity contribution in [2.24, 2.45) is 0 Å². The molecule has 0 saturated heterocycles. The third-order valence-electron chi connectivity index (χ3n) is 3.08. The van der Waals surface area contributed by atoms with E-state index in [4.69, 9.17) is 5.73 Å². The molecule has 106 valence electrons. The molecule has 1 aliphatic rings. The maximum Gasteiger partial charge on any atom is 0.411 e. The zero-order chi connectivity index (χ0) is 13.9. The van der Waals surface area contributed by atoms with Gasteiger partial charge < -0.3 is 15.4 Å². The van der Waals surface area contributed by atoms with Crippen LogP contribution in [0.5, 0.6) is 0 Å². The molecule has 0 fully saturated rings. The highest BCUT2D eigenvalue weighted by Crippen LogP contribution is 2.29. The van der Waals surface area contributed by atoms with E-state index >= 15 is 0 Å². The molecule has 0 spiro atoms. The molecule has 0 unspecified atom stereocenters. The number of halogens is 3. The van der Waals surface area contributed by atoms with Crippen molar-refractivity contribution in [2.45, 2.75) is 19.0 Å². The molecule has 2 rings (SSSR count). The number of alkyl halides is 3. The van der Waals surface area contributed by atoms with Crippen molar-refractivity contribution in [3.8, 4) is 0 Å². The van der Waals surface area contributed by atoms with Gasteiger partial charge >= 0.3 is 6.18 Å². The molecule has 0 bridgehead atoms. The number of fused-ring (bicyclic) bond motifs is 1. The van der Waals surface area contributed by atoms with E-state index in [0.29, 0.717) is 13.0 Å². The Bertz CT molecular complexity index is 434. The smallest absolute Gasteiger partial charge is 0.399 e. The summed E-state index contributed by atoms with van der Waals surface area (Å²) in [4.78, 5) is 2.16. The van der Waals surface area contributed by atoms with Gasteiger partial charge in [-0.3, -0.25) is 0 Å². The van der Waals surface area contributed by atoms with Crippen molar-refractivity contribution in [2.75, 3.05) is 36.9 Å². The monoisotopic (exact) mass is 274 g/mol. The van der Waals surface area contributed by atoms with E-state index in [0.717, 1.165) is 24.3 Å². The molecule has 19 heavy (non-hydrogen) atoms. The first-order valence-electron chi connectivity index (χ1n) is 6.23. The van der Waals surface area contributed by atoms with Gasteiger partial charge in [-0.25, -0.2) is 0 Å². The summed E-state index contributed by atoms with van der Waals surface area (Å²) in [7, 11) is 0. The minimum absolute atomic E-state index is 0.125. The number of anilines is 2. The van der Waals surface area contributed by atoms with Crippen LogP contribution >= 0.6 is 0 Å². The highest BCUT2D eigenvalue weighted by Gasteiger charge is 2.27. The first-order chi connectivity index (χ1) is 8.96. The van der Waals surface area contributed by atoms with Gasteiger partial charge in [0.05, 0.1) is 0 Å². The molecule has 0 saturated carbocycles. The fourth-order valence-electron chi connectivity index (χ4n) is 2.27. The lowest BCUT2D eigenvalue weighted by molar-refractivity contribution is -0.173. The van der Waals surface area contributed by atoms with Gasteiger partial charge in [-0.2, -0.15) is 13.2 Å². The Hall–Kier alpha value is -1.43. The summed E-state index contributed by atoms with van der Waals surface area (Å²) in [6.45, 7) is 0.549. The molecule has 0 atom stereocenters. The highest BCUT2D eigenvalue weighted by atomic mass is 19.4. The minimum atomic E-state index is -4.24. The molecule has 0 amide bonds. The standard InChI is InChI=1S/C13H17F3N2O/c14-13(15,16)9-19-7-1-5-18-6-4-10-8-11(17)2-3-12(10)18/h2-3,8H,1,4-7,9,17H2. The lowest BCUT2D eigenvalue weighted by Gasteiger charge is -2.19. The highest BCUT2D eigenvalue weighted by molar-refractivity contribution is 5.62. The molecular formula is C13H17F3N2O. The number of nitrogens with zero attached hydrogens (tertiary/aromatic N) is 1. The Morgan fingerprint density at radius 1 is 1.32 bits per heavy atom. The molecule has 6 heteroatoms. The Balaban J connectivity index is 1.74. The van der Waals surface area contributed by atoms with Crippen LogP contribution in [-0.4, -0.2) is 32.5 Å². The second-order valence-corrected chi connectivity index (χ2v) is 4.65. The number of ether oxygens (including phenoxy) is 1. The summed E-state index contributed by atoms with van der Waals surface area (Å²) in [6.07, 6.45) is -2.72. The van der Waals surface area contributed by atoms with E-state index in [1.165, 1.54) is 5.56 Å².